The van der Waals surface area contributed by atoms with Crippen molar-refractivity contribution < 1.29 is 9.47 Å². The lowest BCUT2D eigenvalue weighted by molar-refractivity contribution is -0.187. The maximum atomic E-state index is 6.50. The first-order valence-corrected chi connectivity index (χ1v) is 9.13. The number of ether oxygens (including phenoxy) is 2. The van der Waals surface area contributed by atoms with Crippen LogP contribution in [0.25, 0.3) is 0 Å². The third kappa shape index (κ3) is 4.36. The van der Waals surface area contributed by atoms with E-state index in [4.69, 9.17) is 9.47 Å². The Morgan fingerprint density at radius 3 is 2.65 bits per heavy atom. The largest absolute Gasteiger partial charge is 0.349 e. The van der Waals surface area contributed by atoms with E-state index < -0.39 is 5.79 Å². The Kier molecular flexibility index (Phi) is 6.27. The van der Waals surface area contributed by atoms with Crippen molar-refractivity contribution in [2.24, 2.45) is 17.8 Å². The highest BCUT2D eigenvalue weighted by atomic mass is 16.7. The summed E-state index contributed by atoms with van der Waals surface area (Å²) in [6.45, 7) is 11.2. The van der Waals surface area contributed by atoms with E-state index >= 15 is 0 Å². The van der Waals surface area contributed by atoms with Gasteiger partial charge in [0.15, 0.2) is 5.79 Å². The maximum Gasteiger partial charge on any atom is 0.191 e. The lowest BCUT2D eigenvalue weighted by atomic mass is 9.81. The summed E-state index contributed by atoms with van der Waals surface area (Å²) in [4.78, 5) is 0. The van der Waals surface area contributed by atoms with Crippen LogP contribution >= 0.6 is 0 Å². The lowest BCUT2D eigenvalue weighted by Crippen LogP contribution is -2.35. The van der Waals surface area contributed by atoms with Crippen LogP contribution in [-0.2, 0) is 9.47 Å². The SMILES string of the molecule is COC1(C=CC(C)C)OC2C=C(C)CCC=C(C)CCC2C1C. The molecule has 2 heteroatoms. The average molecular weight is 319 g/mol. The molecule has 0 amide bonds. The number of methoxy groups -OCH3 is 1. The molecule has 0 spiro atoms. The minimum atomic E-state index is -0.581. The summed E-state index contributed by atoms with van der Waals surface area (Å²) in [5.74, 6) is 0.772. The van der Waals surface area contributed by atoms with Gasteiger partial charge in [-0.2, -0.15) is 0 Å². The van der Waals surface area contributed by atoms with Crippen LogP contribution in [0.1, 0.15) is 60.3 Å². The van der Waals surface area contributed by atoms with E-state index in [0.717, 1.165) is 19.3 Å². The van der Waals surface area contributed by atoms with Gasteiger partial charge < -0.3 is 9.47 Å². The molecule has 1 saturated heterocycles. The van der Waals surface area contributed by atoms with Crippen molar-refractivity contribution in [1.82, 2.24) is 0 Å². The normalized spacial score (nSPS) is 36.0. The summed E-state index contributed by atoms with van der Waals surface area (Å²) in [5.41, 5.74) is 2.94. The van der Waals surface area contributed by atoms with Crippen molar-refractivity contribution in [3.05, 3.63) is 35.5 Å². The summed E-state index contributed by atoms with van der Waals surface area (Å²) >= 11 is 0. The minimum Gasteiger partial charge on any atom is -0.349 e. The second-order valence-electron chi connectivity index (χ2n) is 7.70. The molecule has 2 aliphatic rings. The molecule has 0 aromatic carbocycles. The molecule has 0 aromatic rings. The van der Waals surface area contributed by atoms with E-state index in [1.54, 1.807) is 7.11 Å². The zero-order valence-corrected chi connectivity index (χ0v) is 15.8. The first-order chi connectivity index (χ1) is 10.9. The molecule has 2 rings (SSSR count). The van der Waals surface area contributed by atoms with Crippen LogP contribution in [0.4, 0.5) is 0 Å². The number of fused-ring (bicyclic) bond motifs is 1. The molecule has 23 heavy (non-hydrogen) atoms. The molecule has 0 N–H and O–H groups in total. The molecule has 1 fully saturated rings. The number of rotatable bonds is 3. The zero-order chi connectivity index (χ0) is 17.0. The monoisotopic (exact) mass is 318 g/mol. The number of allylic oxidation sites excluding steroid dienone is 4. The van der Waals surface area contributed by atoms with Crippen molar-refractivity contribution in [3.63, 3.8) is 0 Å². The molecular weight excluding hydrogens is 284 g/mol. The second kappa shape index (κ2) is 7.81. The van der Waals surface area contributed by atoms with Crippen molar-refractivity contribution >= 4 is 0 Å². The number of hydrogen-bond acceptors (Lipinski definition) is 2. The Balaban J connectivity index is 2.31. The molecule has 0 saturated carbocycles. The highest BCUT2D eigenvalue weighted by Gasteiger charge is 2.50. The molecule has 1 aliphatic carbocycles. The topological polar surface area (TPSA) is 18.5 Å². The average Bonchev–Trinajstić information content (AvgIpc) is 2.75. The van der Waals surface area contributed by atoms with Gasteiger partial charge in [0.25, 0.3) is 0 Å². The van der Waals surface area contributed by atoms with Gasteiger partial charge in [0.05, 0.1) is 6.10 Å². The van der Waals surface area contributed by atoms with Gasteiger partial charge in [0.2, 0.25) is 0 Å². The van der Waals surface area contributed by atoms with Gasteiger partial charge in [0, 0.05) is 13.0 Å². The van der Waals surface area contributed by atoms with Gasteiger partial charge in [-0.3, -0.25) is 0 Å². The molecule has 0 aromatic heterocycles. The van der Waals surface area contributed by atoms with Crippen molar-refractivity contribution in [2.45, 2.75) is 72.2 Å². The predicted molar refractivity (Wildman–Crippen MR) is 97.2 cm³/mol. The summed E-state index contributed by atoms with van der Waals surface area (Å²) in [6, 6.07) is 0. The van der Waals surface area contributed by atoms with Crippen LogP contribution in [0.15, 0.2) is 35.5 Å². The van der Waals surface area contributed by atoms with Gasteiger partial charge in [-0.1, -0.05) is 50.1 Å². The van der Waals surface area contributed by atoms with Crippen molar-refractivity contribution in [2.75, 3.05) is 7.11 Å². The molecule has 0 radical (unpaired) electrons. The van der Waals surface area contributed by atoms with Gasteiger partial charge >= 0.3 is 0 Å². The fourth-order valence-corrected chi connectivity index (χ4v) is 3.79. The molecule has 0 bridgehead atoms. The summed E-state index contributed by atoms with van der Waals surface area (Å²) in [7, 11) is 1.78. The highest BCUT2D eigenvalue weighted by molar-refractivity contribution is 5.15. The minimum absolute atomic E-state index is 0.160. The zero-order valence-electron chi connectivity index (χ0n) is 15.8. The van der Waals surface area contributed by atoms with E-state index in [0.29, 0.717) is 17.8 Å². The van der Waals surface area contributed by atoms with E-state index in [1.165, 1.54) is 17.6 Å². The van der Waals surface area contributed by atoms with Gasteiger partial charge in [-0.15, -0.1) is 0 Å². The Bertz CT molecular complexity index is 486. The summed E-state index contributed by atoms with van der Waals surface area (Å²) in [5, 5.41) is 0. The Morgan fingerprint density at radius 1 is 1.26 bits per heavy atom. The first kappa shape index (κ1) is 18.5. The Morgan fingerprint density at radius 2 is 2.00 bits per heavy atom. The van der Waals surface area contributed by atoms with E-state index in [9.17, 15) is 0 Å². The first-order valence-electron chi connectivity index (χ1n) is 9.13. The maximum absolute atomic E-state index is 6.50. The fourth-order valence-electron chi connectivity index (χ4n) is 3.79. The van der Waals surface area contributed by atoms with E-state index in [1.807, 2.05) is 0 Å². The third-order valence-corrected chi connectivity index (χ3v) is 5.40. The molecule has 2 nitrogen and oxygen atoms in total. The van der Waals surface area contributed by atoms with Crippen molar-refractivity contribution in [1.29, 1.82) is 0 Å². The molecule has 1 aliphatic heterocycles. The summed E-state index contributed by atoms with van der Waals surface area (Å²) in [6.07, 6.45) is 13.9. The molecular formula is C21H34O2. The number of hydrogen-bond donors (Lipinski definition) is 0. The third-order valence-electron chi connectivity index (χ3n) is 5.40. The fraction of sp³-hybridized carbons (Fsp3) is 0.714. The Hall–Kier alpha value is -0.860. The smallest absolute Gasteiger partial charge is 0.191 e. The van der Waals surface area contributed by atoms with Crippen LogP contribution in [0.3, 0.4) is 0 Å². The van der Waals surface area contributed by atoms with Crippen LogP contribution in [-0.4, -0.2) is 19.0 Å². The van der Waals surface area contributed by atoms with Crippen molar-refractivity contribution in [3.8, 4) is 0 Å². The van der Waals surface area contributed by atoms with Gasteiger partial charge in [0.1, 0.15) is 0 Å². The van der Waals surface area contributed by atoms with Crippen LogP contribution in [0.2, 0.25) is 0 Å². The predicted octanol–water partition coefficient (Wildman–Crippen LogP) is 5.66. The lowest BCUT2D eigenvalue weighted by Gasteiger charge is -2.29. The Labute approximate surface area is 142 Å². The molecule has 4 atom stereocenters. The quantitative estimate of drug-likeness (QED) is 0.625. The van der Waals surface area contributed by atoms with Gasteiger partial charge in [-0.25, -0.2) is 0 Å². The standard InChI is InChI=1S/C21H34O2/c1-15(2)12-13-21(22-6)18(5)19-11-10-16(3)8-7-9-17(4)14-20(19)23-21/h8,12-15,18-20H,7,9-11H2,1-6H3. The summed E-state index contributed by atoms with van der Waals surface area (Å²) < 4.78 is 12.4. The van der Waals surface area contributed by atoms with E-state index in [-0.39, 0.29) is 6.10 Å². The van der Waals surface area contributed by atoms with Crippen LogP contribution in [0.5, 0.6) is 0 Å². The molecule has 1 heterocycles. The molecule has 130 valence electrons. The second-order valence-corrected chi connectivity index (χ2v) is 7.70. The van der Waals surface area contributed by atoms with E-state index in [2.05, 4.69) is 58.9 Å². The van der Waals surface area contributed by atoms with Crippen LogP contribution in [0, 0.1) is 17.8 Å². The van der Waals surface area contributed by atoms with Crippen LogP contribution < -0.4 is 0 Å². The molecule has 4 unspecified atom stereocenters. The highest BCUT2D eigenvalue weighted by Crippen LogP contribution is 2.46. The van der Waals surface area contributed by atoms with Gasteiger partial charge in [-0.05, 0) is 57.4 Å².